The SMILES string of the molecule is CCCc1cc(C(=O)O)cc(NC(C)C2CCOC2)n1. The number of nitrogens with one attached hydrogen (secondary N) is 1. The normalized spacial score (nSPS) is 19.8. The number of nitrogens with zero attached hydrogens (tertiary/aromatic N) is 1. The first-order chi connectivity index (χ1) is 9.60. The number of aromatic carboxylic acids is 1. The van der Waals surface area contributed by atoms with Gasteiger partial charge in [-0.05, 0) is 31.9 Å². The van der Waals surface area contributed by atoms with E-state index in [1.165, 1.54) is 0 Å². The molecular formula is C15H22N2O3. The fourth-order valence-corrected chi connectivity index (χ4v) is 2.47. The van der Waals surface area contributed by atoms with Crippen LogP contribution < -0.4 is 5.32 Å². The molecule has 1 fully saturated rings. The van der Waals surface area contributed by atoms with Crippen molar-refractivity contribution in [2.24, 2.45) is 5.92 Å². The molecule has 1 aromatic rings. The fourth-order valence-electron chi connectivity index (χ4n) is 2.47. The van der Waals surface area contributed by atoms with Gasteiger partial charge in [-0.1, -0.05) is 13.3 Å². The van der Waals surface area contributed by atoms with Crippen LogP contribution in [-0.4, -0.2) is 35.3 Å². The first-order valence-electron chi connectivity index (χ1n) is 7.18. The number of hydrogen-bond acceptors (Lipinski definition) is 4. The number of carboxylic acid groups (broad SMARTS) is 1. The summed E-state index contributed by atoms with van der Waals surface area (Å²) < 4.78 is 5.39. The van der Waals surface area contributed by atoms with Gasteiger partial charge in [-0.3, -0.25) is 0 Å². The minimum atomic E-state index is -0.912. The lowest BCUT2D eigenvalue weighted by atomic mass is 10.0. The topological polar surface area (TPSA) is 71.5 Å². The molecule has 0 amide bonds. The molecule has 20 heavy (non-hydrogen) atoms. The molecule has 2 N–H and O–H groups in total. The molecule has 0 saturated carbocycles. The minimum Gasteiger partial charge on any atom is -0.478 e. The Morgan fingerprint density at radius 2 is 2.40 bits per heavy atom. The first-order valence-corrected chi connectivity index (χ1v) is 7.18. The van der Waals surface area contributed by atoms with Crippen LogP contribution in [0.5, 0.6) is 0 Å². The third-order valence-corrected chi connectivity index (χ3v) is 3.68. The van der Waals surface area contributed by atoms with Gasteiger partial charge in [0.25, 0.3) is 0 Å². The molecular weight excluding hydrogens is 256 g/mol. The third kappa shape index (κ3) is 3.70. The average molecular weight is 278 g/mol. The molecule has 1 saturated heterocycles. The molecule has 0 radical (unpaired) electrons. The van der Waals surface area contributed by atoms with Gasteiger partial charge in [-0.25, -0.2) is 9.78 Å². The highest BCUT2D eigenvalue weighted by Crippen LogP contribution is 2.20. The van der Waals surface area contributed by atoms with E-state index in [0.717, 1.165) is 38.2 Å². The van der Waals surface area contributed by atoms with Gasteiger partial charge in [0.15, 0.2) is 0 Å². The molecule has 2 rings (SSSR count). The number of aryl methyl sites for hydroxylation is 1. The molecule has 2 heterocycles. The van der Waals surface area contributed by atoms with E-state index in [1.54, 1.807) is 12.1 Å². The van der Waals surface area contributed by atoms with E-state index in [4.69, 9.17) is 4.74 Å². The van der Waals surface area contributed by atoms with Gasteiger partial charge >= 0.3 is 5.97 Å². The van der Waals surface area contributed by atoms with Crippen molar-refractivity contribution in [1.29, 1.82) is 0 Å². The van der Waals surface area contributed by atoms with Crippen LogP contribution in [0.25, 0.3) is 0 Å². The minimum absolute atomic E-state index is 0.225. The molecule has 0 aromatic carbocycles. The zero-order valence-electron chi connectivity index (χ0n) is 12.1. The van der Waals surface area contributed by atoms with Crippen molar-refractivity contribution >= 4 is 11.8 Å². The van der Waals surface area contributed by atoms with Crippen molar-refractivity contribution in [2.75, 3.05) is 18.5 Å². The van der Waals surface area contributed by atoms with E-state index in [1.807, 2.05) is 0 Å². The molecule has 2 unspecified atom stereocenters. The Balaban J connectivity index is 2.14. The standard InChI is InChI=1S/C15H22N2O3/c1-3-4-13-7-12(15(18)19)8-14(17-13)16-10(2)11-5-6-20-9-11/h7-8,10-11H,3-6,9H2,1-2H3,(H,16,17)(H,18,19). The molecule has 1 aliphatic rings. The number of ether oxygens (including phenoxy) is 1. The summed E-state index contributed by atoms with van der Waals surface area (Å²) >= 11 is 0. The van der Waals surface area contributed by atoms with Gasteiger partial charge in [-0.15, -0.1) is 0 Å². The van der Waals surface area contributed by atoms with Crippen molar-refractivity contribution in [1.82, 2.24) is 4.98 Å². The van der Waals surface area contributed by atoms with E-state index in [0.29, 0.717) is 17.3 Å². The maximum Gasteiger partial charge on any atom is 0.335 e. The second kappa shape index (κ2) is 6.70. The second-order valence-electron chi connectivity index (χ2n) is 5.34. The van der Waals surface area contributed by atoms with Crippen LogP contribution >= 0.6 is 0 Å². The van der Waals surface area contributed by atoms with Gasteiger partial charge in [0, 0.05) is 24.3 Å². The lowest BCUT2D eigenvalue weighted by Crippen LogP contribution is -2.26. The number of aromatic nitrogens is 1. The summed E-state index contributed by atoms with van der Waals surface area (Å²) in [6.07, 6.45) is 2.77. The summed E-state index contributed by atoms with van der Waals surface area (Å²) in [5, 5.41) is 12.5. The van der Waals surface area contributed by atoms with E-state index in [2.05, 4.69) is 24.1 Å². The number of rotatable bonds is 6. The van der Waals surface area contributed by atoms with Crippen molar-refractivity contribution < 1.29 is 14.6 Å². The van der Waals surface area contributed by atoms with Crippen LogP contribution in [0.15, 0.2) is 12.1 Å². The van der Waals surface area contributed by atoms with Gasteiger partial charge in [0.2, 0.25) is 0 Å². The molecule has 0 bridgehead atoms. The summed E-state index contributed by atoms with van der Waals surface area (Å²) in [6.45, 7) is 5.71. The Morgan fingerprint density at radius 3 is 3.00 bits per heavy atom. The van der Waals surface area contributed by atoms with Crippen molar-refractivity contribution in [3.05, 3.63) is 23.4 Å². The highest BCUT2D eigenvalue weighted by atomic mass is 16.5. The van der Waals surface area contributed by atoms with E-state index >= 15 is 0 Å². The molecule has 1 aromatic heterocycles. The molecule has 0 spiro atoms. The van der Waals surface area contributed by atoms with E-state index < -0.39 is 5.97 Å². The van der Waals surface area contributed by atoms with Gasteiger partial charge < -0.3 is 15.2 Å². The summed E-state index contributed by atoms with van der Waals surface area (Å²) in [4.78, 5) is 15.7. The molecule has 2 atom stereocenters. The van der Waals surface area contributed by atoms with E-state index in [9.17, 15) is 9.90 Å². The van der Waals surface area contributed by atoms with Crippen molar-refractivity contribution in [3.63, 3.8) is 0 Å². The molecule has 5 heteroatoms. The largest absolute Gasteiger partial charge is 0.478 e. The average Bonchev–Trinajstić information content (AvgIpc) is 2.92. The number of carbonyl (C=O) groups is 1. The molecule has 0 aliphatic carbocycles. The lowest BCUT2D eigenvalue weighted by molar-refractivity contribution is 0.0696. The summed E-state index contributed by atoms with van der Waals surface area (Å²) in [5.41, 5.74) is 1.12. The predicted molar refractivity (Wildman–Crippen MR) is 77.2 cm³/mol. The highest BCUT2D eigenvalue weighted by molar-refractivity contribution is 5.88. The number of anilines is 1. The zero-order chi connectivity index (χ0) is 14.5. The first kappa shape index (κ1) is 14.8. The Hall–Kier alpha value is -1.62. The Morgan fingerprint density at radius 1 is 1.60 bits per heavy atom. The Labute approximate surface area is 119 Å². The fraction of sp³-hybridized carbons (Fsp3) is 0.600. The summed E-state index contributed by atoms with van der Waals surface area (Å²) in [6, 6.07) is 3.48. The highest BCUT2D eigenvalue weighted by Gasteiger charge is 2.22. The smallest absolute Gasteiger partial charge is 0.335 e. The van der Waals surface area contributed by atoms with Gasteiger partial charge in [0.1, 0.15) is 5.82 Å². The van der Waals surface area contributed by atoms with Crippen LogP contribution in [0.2, 0.25) is 0 Å². The summed E-state index contributed by atoms with van der Waals surface area (Å²) in [5.74, 6) is 0.192. The molecule has 1 aliphatic heterocycles. The van der Waals surface area contributed by atoms with Crippen LogP contribution in [0, 0.1) is 5.92 Å². The maximum atomic E-state index is 11.2. The van der Waals surface area contributed by atoms with Gasteiger partial charge in [0.05, 0.1) is 12.2 Å². The van der Waals surface area contributed by atoms with Crippen LogP contribution in [0.1, 0.15) is 42.7 Å². The van der Waals surface area contributed by atoms with Crippen LogP contribution in [0.3, 0.4) is 0 Å². The number of hydrogen-bond donors (Lipinski definition) is 2. The second-order valence-corrected chi connectivity index (χ2v) is 5.34. The molecule has 110 valence electrons. The van der Waals surface area contributed by atoms with Crippen LogP contribution in [-0.2, 0) is 11.2 Å². The number of carboxylic acids is 1. The zero-order valence-corrected chi connectivity index (χ0v) is 12.1. The maximum absolute atomic E-state index is 11.2. The summed E-state index contributed by atoms with van der Waals surface area (Å²) in [7, 11) is 0. The molecule has 5 nitrogen and oxygen atoms in total. The lowest BCUT2D eigenvalue weighted by Gasteiger charge is -2.20. The predicted octanol–water partition coefficient (Wildman–Crippen LogP) is 2.57. The monoisotopic (exact) mass is 278 g/mol. The quantitative estimate of drug-likeness (QED) is 0.836. The Kier molecular flexibility index (Phi) is 4.95. The van der Waals surface area contributed by atoms with Crippen LogP contribution in [0.4, 0.5) is 5.82 Å². The van der Waals surface area contributed by atoms with Crippen molar-refractivity contribution in [2.45, 2.75) is 39.2 Å². The van der Waals surface area contributed by atoms with Crippen molar-refractivity contribution in [3.8, 4) is 0 Å². The van der Waals surface area contributed by atoms with Gasteiger partial charge in [-0.2, -0.15) is 0 Å². The Bertz CT molecular complexity index is 470. The number of pyridine rings is 1. The third-order valence-electron chi connectivity index (χ3n) is 3.68. The van der Waals surface area contributed by atoms with E-state index in [-0.39, 0.29) is 6.04 Å².